The fourth-order valence-electron chi connectivity index (χ4n) is 2.13. The Hall–Kier alpha value is -2.76. The predicted octanol–water partition coefficient (Wildman–Crippen LogP) is 4.94. The summed E-state index contributed by atoms with van der Waals surface area (Å²) in [6.45, 7) is 0. The molecule has 0 saturated heterocycles. The topological polar surface area (TPSA) is 24.9 Å². The molecule has 0 amide bonds. The minimum absolute atomic E-state index is 0.137. The molecule has 2 nitrogen and oxygen atoms in total. The molecule has 1 unspecified atom stereocenters. The molecule has 0 saturated carbocycles. The first kappa shape index (κ1) is 15.1. The molecule has 3 heteroatoms. The molecule has 3 rings (SSSR count). The lowest BCUT2D eigenvalue weighted by Gasteiger charge is -2.14. The Bertz CT molecular complexity index is 803. The van der Waals surface area contributed by atoms with E-state index in [1.807, 2.05) is 60.7 Å². The number of rotatable bonds is 3. The van der Waals surface area contributed by atoms with Gasteiger partial charge in [-0.05, 0) is 42.0 Å². The number of hydrogen-bond acceptors (Lipinski definition) is 2. The smallest absolute Gasteiger partial charge is 0.127 e. The number of benzene rings is 2. The van der Waals surface area contributed by atoms with Crippen LogP contribution in [0.4, 0.5) is 5.82 Å². The zero-order chi connectivity index (χ0) is 15.9. The van der Waals surface area contributed by atoms with Gasteiger partial charge in [0.1, 0.15) is 11.9 Å². The van der Waals surface area contributed by atoms with Gasteiger partial charge in [0.05, 0.1) is 0 Å². The Kier molecular flexibility index (Phi) is 4.93. The highest BCUT2D eigenvalue weighted by Crippen LogP contribution is 2.17. The number of halogens is 1. The van der Waals surface area contributed by atoms with Crippen LogP contribution in [0, 0.1) is 11.8 Å². The first-order chi connectivity index (χ1) is 11.3. The monoisotopic (exact) mass is 318 g/mol. The van der Waals surface area contributed by atoms with Gasteiger partial charge < -0.3 is 5.32 Å². The quantitative estimate of drug-likeness (QED) is 0.692. The van der Waals surface area contributed by atoms with Gasteiger partial charge in [0, 0.05) is 16.8 Å². The van der Waals surface area contributed by atoms with Crippen LogP contribution in [0.1, 0.15) is 17.2 Å². The van der Waals surface area contributed by atoms with Crippen molar-refractivity contribution in [3.63, 3.8) is 0 Å². The average molecular weight is 319 g/mol. The van der Waals surface area contributed by atoms with Crippen molar-refractivity contribution in [2.75, 3.05) is 5.32 Å². The van der Waals surface area contributed by atoms with E-state index in [4.69, 9.17) is 11.6 Å². The molecular formula is C20H15ClN2. The van der Waals surface area contributed by atoms with Crippen LogP contribution in [-0.4, -0.2) is 4.98 Å². The van der Waals surface area contributed by atoms with Gasteiger partial charge in [-0.2, -0.15) is 0 Å². The minimum Gasteiger partial charge on any atom is -0.353 e. The number of aromatic nitrogens is 1. The first-order valence-corrected chi connectivity index (χ1v) is 7.69. The van der Waals surface area contributed by atoms with E-state index < -0.39 is 0 Å². The Morgan fingerprint density at radius 2 is 1.61 bits per heavy atom. The molecule has 0 spiro atoms. The van der Waals surface area contributed by atoms with Crippen LogP contribution in [0.3, 0.4) is 0 Å². The summed E-state index contributed by atoms with van der Waals surface area (Å²) in [6, 6.07) is 23.3. The summed E-state index contributed by atoms with van der Waals surface area (Å²) >= 11 is 5.91. The van der Waals surface area contributed by atoms with Gasteiger partial charge in [-0.3, -0.25) is 0 Å². The van der Waals surface area contributed by atoms with Crippen molar-refractivity contribution in [3.8, 4) is 11.8 Å². The van der Waals surface area contributed by atoms with Crippen LogP contribution in [0.2, 0.25) is 5.02 Å². The second-order valence-electron chi connectivity index (χ2n) is 4.98. The van der Waals surface area contributed by atoms with Crippen LogP contribution in [0.25, 0.3) is 0 Å². The molecule has 1 atom stereocenters. The van der Waals surface area contributed by atoms with Gasteiger partial charge in [-0.25, -0.2) is 4.98 Å². The van der Waals surface area contributed by atoms with E-state index in [0.29, 0.717) is 5.02 Å². The zero-order valence-corrected chi connectivity index (χ0v) is 13.2. The molecule has 112 valence electrons. The van der Waals surface area contributed by atoms with E-state index in [2.05, 4.69) is 34.3 Å². The van der Waals surface area contributed by atoms with Crippen molar-refractivity contribution in [3.05, 3.63) is 95.1 Å². The predicted molar refractivity (Wildman–Crippen MR) is 95.4 cm³/mol. The third-order valence-electron chi connectivity index (χ3n) is 3.30. The van der Waals surface area contributed by atoms with Gasteiger partial charge in [-0.15, -0.1) is 0 Å². The highest BCUT2D eigenvalue weighted by atomic mass is 35.5. The summed E-state index contributed by atoms with van der Waals surface area (Å²) in [7, 11) is 0. The molecule has 0 bridgehead atoms. The van der Waals surface area contributed by atoms with E-state index in [9.17, 15) is 0 Å². The largest absolute Gasteiger partial charge is 0.353 e. The molecular weight excluding hydrogens is 304 g/mol. The molecule has 0 aliphatic rings. The molecule has 2 aromatic carbocycles. The first-order valence-electron chi connectivity index (χ1n) is 7.31. The van der Waals surface area contributed by atoms with Crippen molar-refractivity contribution in [1.29, 1.82) is 0 Å². The maximum Gasteiger partial charge on any atom is 0.127 e. The maximum absolute atomic E-state index is 5.91. The van der Waals surface area contributed by atoms with Gasteiger partial charge in [0.15, 0.2) is 0 Å². The highest BCUT2D eigenvalue weighted by Gasteiger charge is 2.08. The average Bonchev–Trinajstić information content (AvgIpc) is 2.61. The van der Waals surface area contributed by atoms with Crippen molar-refractivity contribution in [1.82, 2.24) is 4.98 Å². The van der Waals surface area contributed by atoms with Gasteiger partial charge in [0.2, 0.25) is 0 Å². The van der Waals surface area contributed by atoms with E-state index in [1.165, 1.54) is 0 Å². The molecule has 1 aromatic heterocycles. The second kappa shape index (κ2) is 7.49. The van der Waals surface area contributed by atoms with Crippen LogP contribution < -0.4 is 5.32 Å². The number of anilines is 1. The van der Waals surface area contributed by atoms with Crippen molar-refractivity contribution >= 4 is 17.4 Å². The SMILES string of the molecule is Clc1ccc(C#CC(Nc2ccccn2)c2ccccc2)cc1. The fourth-order valence-corrected chi connectivity index (χ4v) is 2.26. The lowest BCUT2D eigenvalue weighted by Crippen LogP contribution is -2.09. The van der Waals surface area contributed by atoms with E-state index in [0.717, 1.165) is 16.9 Å². The lowest BCUT2D eigenvalue weighted by molar-refractivity contribution is 1.00. The Morgan fingerprint density at radius 1 is 0.870 bits per heavy atom. The summed E-state index contributed by atoms with van der Waals surface area (Å²) in [5.74, 6) is 7.27. The fraction of sp³-hybridized carbons (Fsp3) is 0.0500. The lowest BCUT2D eigenvalue weighted by atomic mass is 10.1. The molecule has 0 fully saturated rings. The van der Waals surface area contributed by atoms with Crippen LogP contribution in [-0.2, 0) is 0 Å². The number of nitrogens with zero attached hydrogens (tertiary/aromatic N) is 1. The minimum atomic E-state index is -0.137. The molecule has 1 N–H and O–H groups in total. The van der Waals surface area contributed by atoms with Crippen molar-refractivity contribution in [2.45, 2.75) is 6.04 Å². The van der Waals surface area contributed by atoms with Gasteiger partial charge in [-0.1, -0.05) is 59.8 Å². The molecule has 3 aromatic rings. The van der Waals surface area contributed by atoms with E-state index in [1.54, 1.807) is 6.20 Å². The summed E-state index contributed by atoms with van der Waals surface area (Å²) in [4.78, 5) is 4.31. The van der Waals surface area contributed by atoms with Gasteiger partial charge in [0.25, 0.3) is 0 Å². The van der Waals surface area contributed by atoms with Crippen LogP contribution in [0.5, 0.6) is 0 Å². The summed E-state index contributed by atoms with van der Waals surface area (Å²) < 4.78 is 0. The number of nitrogens with one attached hydrogen (secondary N) is 1. The van der Waals surface area contributed by atoms with E-state index >= 15 is 0 Å². The molecule has 0 aliphatic carbocycles. The van der Waals surface area contributed by atoms with Crippen molar-refractivity contribution in [2.24, 2.45) is 0 Å². The third-order valence-corrected chi connectivity index (χ3v) is 3.55. The third kappa shape index (κ3) is 4.35. The Balaban J connectivity index is 1.88. The summed E-state index contributed by atoms with van der Waals surface area (Å²) in [5, 5.41) is 4.08. The molecule has 23 heavy (non-hydrogen) atoms. The summed E-state index contributed by atoms with van der Waals surface area (Å²) in [6.07, 6.45) is 1.76. The van der Waals surface area contributed by atoms with Crippen LogP contribution in [0.15, 0.2) is 79.0 Å². The molecule has 0 aliphatic heterocycles. The standard InChI is InChI=1S/C20H15ClN2/c21-18-12-9-16(10-13-18)11-14-19(17-6-2-1-3-7-17)23-20-8-4-5-15-22-20/h1-10,12-13,15,19H,(H,22,23). The highest BCUT2D eigenvalue weighted by molar-refractivity contribution is 6.30. The Labute approximate surface area is 141 Å². The zero-order valence-electron chi connectivity index (χ0n) is 12.4. The van der Waals surface area contributed by atoms with Crippen LogP contribution >= 0.6 is 11.6 Å². The number of pyridine rings is 1. The van der Waals surface area contributed by atoms with Crippen molar-refractivity contribution < 1.29 is 0 Å². The van der Waals surface area contributed by atoms with Gasteiger partial charge >= 0.3 is 0 Å². The summed E-state index contributed by atoms with van der Waals surface area (Å²) in [5.41, 5.74) is 2.03. The normalized spacial score (nSPS) is 11.2. The Morgan fingerprint density at radius 3 is 2.30 bits per heavy atom. The molecule has 0 radical (unpaired) electrons. The molecule has 1 heterocycles. The van der Waals surface area contributed by atoms with E-state index in [-0.39, 0.29) is 6.04 Å². The maximum atomic E-state index is 5.91. The second-order valence-corrected chi connectivity index (χ2v) is 5.42. The number of hydrogen-bond donors (Lipinski definition) is 1.